The zero-order chi connectivity index (χ0) is 21.9. The molecule has 1 amide bonds. The number of halogens is 1. The lowest BCUT2D eigenvalue weighted by atomic mass is 9.81. The van der Waals surface area contributed by atoms with E-state index >= 15 is 0 Å². The number of likely N-dealkylation sites (tertiary alicyclic amines) is 1. The summed E-state index contributed by atoms with van der Waals surface area (Å²) in [4.78, 5) is 27.2. The molecule has 160 valence electrons. The van der Waals surface area contributed by atoms with E-state index in [1.54, 1.807) is 23.1 Å². The van der Waals surface area contributed by atoms with Gasteiger partial charge in [-0.1, -0.05) is 49.7 Å². The van der Waals surface area contributed by atoms with E-state index in [1.807, 2.05) is 33.8 Å². The van der Waals surface area contributed by atoms with Gasteiger partial charge in [0.05, 0.1) is 17.8 Å². The molecule has 0 saturated carbocycles. The molecule has 1 heterocycles. The van der Waals surface area contributed by atoms with E-state index in [4.69, 9.17) is 17.3 Å². The van der Waals surface area contributed by atoms with Crippen molar-refractivity contribution < 1.29 is 14.8 Å². The van der Waals surface area contributed by atoms with Gasteiger partial charge in [0, 0.05) is 16.6 Å². The van der Waals surface area contributed by atoms with E-state index in [2.05, 4.69) is 5.16 Å². The van der Waals surface area contributed by atoms with Gasteiger partial charge in [-0.25, -0.2) is 0 Å². The Morgan fingerprint density at radius 2 is 2.07 bits per heavy atom. The molecular weight excluding hydrogens is 390 g/mol. The largest absolute Gasteiger partial charge is 0.411 e. The molecule has 1 saturated heterocycles. The molecule has 0 aliphatic carbocycles. The Morgan fingerprint density at radius 1 is 1.41 bits per heavy atom. The van der Waals surface area contributed by atoms with Crippen molar-refractivity contribution in [2.75, 3.05) is 0 Å². The van der Waals surface area contributed by atoms with Crippen LogP contribution in [0.3, 0.4) is 0 Å². The van der Waals surface area contributed by atoms with Crippen LogP contribution in [0.5, 0.6) is 0 Å². The molecule has 7 heteroatoms. The molecule has 4 unspecified atom stereocenters. The Balaban J connectivity index is 2.28. The summed E-state index contributed by atoms with van der Waals surface area (Å²) in [5.41, 5.74) is 7.15. The molecule has 0 radical (unpaired) electrons. The predicted octanol–water partition coefficient (Wildman–Crippen LogP) is 3.87. The highest BCUT2D eigenvalue weighted by Gasteiger charge is 2.46. The number of hydrogen-bond donors (Lipinski definition) is 2. The van der Waals surface area contributed by atoms with Crippen LogP contribution in [0.4, 0.5) is 0 Å². The van der Waals surface area contributed by atoms with Crippen molar-refractivity contribution in [3.05, 3.63) is 34.9 Å². The highest BCUT2D eigenvalue weighted by molar-refractivity contribution is 6.31. The number of amides is 1. The minimum atomic E-state index is -0.686. The van der Waals surface area contributed by atoms with Crippen LogP contribution in [-0.4, -0.2) is 45.6 Å². The fraction of sp³-hybridized carbons (Fsp3) is 0.591. The summed E-state index contributed by atoms with van der Waals surface area (Å²) in [5, 5.41) is 13.6. The van der Waals surface area contributed by atoms with Crippen molar-refractivity contribution in [2.45, 2.75) is 72.0 Å². The van der Waals surface area contributed by atoms with Gasteiger partial charge >= 0.3 is 0 Å². The summed E-state index contributed by atoms with van der Waals surface area (Å²) in [6.07, 6.45) is 1.70. The van der Waals surface area contributed by atoms with Crippen molar-refractivity contribution in [2.24, 2.45) is 22.2 Å². The molecule has 2 rings (SSSR count). The number of nitrogens with zero attached hydrogens (tertiary/aromatic N) is 2. The quantitative estimate of drug-likeness (QED) is 0.397. The number of carbonyl (C=O) groups is 2. The van der Waals surface area contributed by atoms with Crippen LogP contribution in [0.25, 0.3) is 0 Å². The van der Waals surface area contributed by atoms with E-state index in [9.17, 15) is 14.8 Å². The van der Waals surface area contributed by atoms with Crippen molar-refractivity contribution in [1.29, 1.82) is 0 Å². The molecule has 3 N–H and O–H groups in total. The van der Waals surface area contributed by atoms with E-state index in [0.717, 1.165) is 12.0 Å². The van der Waals surface area contributed by atoms with E-state index in [1.165, 1.54) is 6.92 Å². The maximum absolute atomic E-state index is 13.2. The summed E-state index contributed by atoms with van der Waals surface area (Å²) >= 11 is 6.06. The molecule has 0 aromatic heterocycles. The second-order valence-electron chi connectivity index (χ2n) is 8.69. The summed E-state index contributed by atoms with van der Waals surface area (Å²) < 4.78 is 0. The molecule has 1 aromatic rings. The fourth-order valence-corrected chi connectivity index (χ4v) is 4.12. The Labute approximate surface area is 178 Å². The lowest BCUT2D eigenvalue weighted by molar-refractivity contribution is -0.142. The average molecular weight is 422 g/mol. The standard InChI is InChI=1S/C22H32ClN3O3/c1-6-22(4,5)20(24)21(28)26-13(2)16(12-19(26)14(3)27)11-18(25-29)15-8-7-9-17(23)10-15/h7-10,13,16,19-20,29H,6,11-12,24H2,1-5H3/b25-18+. The minimum Gasteiger partial charge on any atom is -0.411 e. The number of oxime groups is 1. The van der Waals surface area contributed by atoms with Crippen LogP contribution in [-0.2, 0) is 9.59 Å². The molecule has 6 nitrogen and oxygen atoms in total. The van der Waals surface area contributed by atoms with Gasteiger partial charge in [0.1, 0.15) is 0 Å². The normalized spacial score (nSPS) is 23.9. The van der Waals surface area contributed by atoms with Gasteiger partial charge in [-0.15, -0.1) is 0 Å². The second-order valence-corrected chi connectivity index (χ2v) is 9.13. The first kappa shape index (κ1) is 23.4. The summed E-state index contributed by atoms with van der Waals surface area (Å²) in [5.74, 6) is -0.286. The molecule has 29 heavy (non-hydrogen) atoms. The lowest BCUT2D eigenvalue weighted by Crippen LogP contribution is -2.55. The SMILES string of the molecule is CCC(C)(C)C(N)C(=O)N1C(C(C)=O)CC(C/C(=N\O)c2cccc(Cl)c2)C1C. The van der Waals surface area contributed by atoms with Gasteiger partial charge in [-0.3, -0.25) is 9.59 Å². The Hall–Kier alpha value is -1.92. The molecule has 1 aliphatic heterocycles. The monoisotopic (exact) mass is 421 g/mol. The number of benzene rings is 1. The van der Waals surface area contributed by atoms with Gasteiger partial charge in [-0.2, -0.15) is 0 Å². The smallest absolute Gasteiger partial charge is 0.240 e. The van der Waals surface area contributed by atoms with Crippen LogP contribution in [0, 0.1) is 11.3 Å². The predicted molar refractivity (Wildman–Crippen MR) is 115 cm³/mol. The molecule has 4 atom stereocenters. The Kier molecular flexibility index (Phi) is 7.46. The van der Waals surface area contributed by atoms with E-state index in [-0.39, 0.29) is 29.1 Å². The molecule has 1 fully saturated rings. The van der Waals surface area contributed by atoms with Gasteiger partial charge in [-0.05, 0) is 56.6 Å². The van der Waals surface area contributed by atoms with Crippen molar-refractivity contribution in [1.82, 2.24) is 4.90 Å². The first-order valence-electron chi connectivity index (χ1n) is 10.1. The number of rotatable bonds is 7. The average Bonchev–Trinajstić information content (AvgIpc) is 3.01. The fourth-order valence-electron chi connectivity index (χ4n) is 3.93. The number of carbonyl (C=O) groups excluding carboxylic acids is 2. The Bertz CT molecular complexity index is 793. The van der Waals surface area contributed by atoms with Crippen LogP contribution in [0.2, 0.25) is 5.02 Å². The van der Waals surface area contributed by atoms with Crippen LogP contribution < -0.4 is 5.73 Å². The number of Topliss-reactive ketones (excluding diaryl/α,β-unsaturated/α-hetero) is 1. The third-order valence-corrected chi connectivity index (χ3v) is 6.69. The van der Waals surface area contributed by atoms with Gasteiger partial charge in [0.25, 0.3) is 0 Å². The molecular formula is C22H32ClN3O3. The number of nitrogens with two attached hydrogens (primary N) is 1. The minimum absolute atomic E-state index is 0.0327. The van der Waals surface area contributed by atoms with Crippen LogP contribution >= 0.6 is 11.6 Å². The van der Waals surface area contributed by atoms with Crippen molar-refractivity contribution >= 4 is 29.0 Å². The van der Waals surface area contributed by atoms with Gasteiger partial charge < -0.3 is 15.8 Å². The lowest BCUT2D eigenvalue weighted by Gasteiger charge is -2.36. The third-order valence-electron chi connectivity index (χ3n) is 6.46. The van der Waals surface area contributed by atoms with Gasteiger partial charge in [0.15, 0.2) is 5.78 Å². The third kappa shape index (κ3) is 4.98. The zero-order valence-electron chi connectivity index (χ0n) is 17.9. The van der Waals surface area contributed by atoms with Gasteiger partial charge in [0.2, 0.25) is 5.91 Å². The second kappa shape index (κ2) is 9.26. The van der Waals surface area contributed by atoms with Crippen LogP contribution in [0.1, 0.15) is 59.4 Å². The summed E-state index contributed by atoms with van der Waals surface area (Å²) in [7, 11) is 0. The van der Waals surface area contributed by atoms with E-state index < -0.39 is 12.1 Å². The zero-order valence-corrected chi connectivity index (χ0v) is 18.6. The highest BCUT2D eigenvalue weighted by Crippen LogP contribution is 2.36. The first-order chi connectivity index (χ1) is 13.5. The molecule has 1 aromatic carbocycles. The maximum Gasteiger partial charge on any atom is 0.240 e. The van der Waals surface area contributed by atoms with E-state index in [0.29, 0.717) is 23.6 Å². The summed E-state index contributed by atoms with van der Waals surface area (Å²) in [6.45, 7) is 9.37. The first-order valence-corrected chi connectivity index (χ1v) is 10.5. The molecule has 0 spiro atoms. The molecule has 1 aliphatic rings. The van der Waals surface area contributed by atoms with Crippen molar-refractivity contribution in [3.8, 4) is 0 Å². The van der Waals surface area contributed by atoms with Crippen LogP contribution in [0.15, 0.2) is 29.4 Å². The number of ketones is 1. The Morgan fingerprint density at radius 3 is 2.59 bits per heavy atom. The van der Waals surface area contributed by atoms with Crippen molar-refractivity contribution in [3.63, 3.8) is 0 Å². The maximum atomic E-state index is 13.2. The topological polar surface area (TPSA) is 96.0 Å². The highest BCUT2D eigenvalue weighted by atomic mass is 35.5. The molecule has 0 bridgehead atoms. The number of hydrogen-bond acceptors (Lipinski definition) is 5. The summed E-state index contributed by atoms with van der Waals surface area (Å²) in [6, 6.07) is 5.70.